The van der Waals surface area contributed by atoms with E-state index in [0.717, 1.165) is 32.1 Å². The molecule has 0 atom stereocenters. The first-order valence-corrected chi connectivity index (χ1v) is 9.76. The SMILES string of the molecule is CNC(=O)c1ccccc1Sc1ccc2c(/C=C/c3ccc(O)cn3)n[nH]c2c1. The molecule has 0 saturated heterocycles. The lowest BCUT2D eigenvalue weighted by Gasteiger charge is -2.08. The van der Waals surface area contributed by atoms with Gasteiger partial charge in [-0.05, 0) is 54.6 Å². The Kier molecular flexibility index (Phi) is 5.31. The maximum absolute atomic E-state index is 12.1. The van der Waals surface area contributed by atoms with E-state index in [1.807, 2.05) is 54.6 Å². The van der Waals surface area contributed by atoms with Gasteiger partial charge in [-0.2, -0.15) is 5.10 Å². The van der Waals surface area contributed by atoms with Crippen molar-refractivity contribution in [2.24, 2.45) is 0 Å². The molecule has 0 bridgehead atoms. The zero-order valence-electron chi connectivity index (χ0n) is 15.6. The molecule has 0 spiro atoms. The predicted molar refractivity (Wildman–Crippen MR) is 115 cm³/mol. The van der Waals surface area contributed by atoms with Gasteiger partial charge in [-0.25, -0.2) is 0 Å². The van der Waals surface area contributed by atoms with Crippen LogP contribution in [0.1, 0.15) is 21.7 Å². The maximum atomic E-state index is 12.1. The first-order chi connectivity index (χ1) is 14.1. The van der Waals surface area contributed by atoms with Crippen molar-refractivity contribution in [3.63, 3.8) is 0 Å². The molecule has 2 aromatic heterocycles. The number of nitrogens with zero attached hydrogens (tertiary/aromatic N) is 2. The number of fused-ring (bicyclic) bond motifs is 1. The summed E-state index contributed by atoms with van der Waals surface area (Å²) in [5.41, 5.74) is 3.09. The first kappa shape index (κ1) is 18.8. The van der Waals surface area contributed by atoms with Crippen molar-refractivity contribution in [2.75, 3.05) is 7.05 Å². The molecule has 4 aromatic rings. The monoisotopic (exact) mass is 402 g/mol. The van der Waals surface area contributed by atoms with Crippen LogP contribution < -0.4 is 5.32 Å². The molecule has 3 N–H and O–H groups in total. The lowest BCUT2D eigenvalue weighted by molar-refractivity contribution is 0.0960. The van der Waals surface area contributed by atoms with Gasteiger partial charge in [0.1, 0.15) is 5.75 Å². The van der Waals surface area contributed by atoms with Crippen LogP contribution in [0.2, 0.25) is 0 Å². The number of hydrogen-bond donors (Lipinski definition) is 3. The Hall–Kier alpha value is -3.58. The Balaban J connectivity index is 1.59. The van der Waals surface area contributed by atoms with Crippen LogP contribution in [0.4, 0.5) is 0 Å². The van der Waals surface area contributed by atoms with E-state index in [-0.39, 0.29) is 11.7 Å². The number of aromatic hydroxyl groups is 1. The van der Waals surface area contributed by atoms with Crippen molar-refractivity contribution in [3.8, 4) is 5.75 Å². The highest BCUT2D eigenvalue weighted by Crippen LogP contribution is 2.32. The van der Waals surface area contributed by atoms with Gasteiger partial charge in [0.05, 0.1) is 28.7 Å². The van der Waals surface area contributed by atoms with Crippen LogP contribution in [0.15, 0.2) is 70.6 Å². The van der Waals surface area contributed by atoms with Gasteiger partial charge in [0.15, 0.2) is 0 Å². The number of H-pyrrole nitrogens is 1. The van der Waals surface area contributed by atoms with Gasteiger partial charge in [0.25, 0.3) is 5.91 Å². The largest absolute Gasteiger partial charge is 0.506 e. The van der Waals surface area contributed by atoms with E-state index in [0.29, 0.717) is 5.56 Å². The van der Waals surface area contributed by atoms with E-state index in [1.165, 1.54) is 18.0 Å². The van der Waals surface area contributed by atoms with Crippen LogP contribution >= 0.6 is 11.8 Å². The number of aromatic amines is 1. The van der Waals surface area contributed by atoms with E-state index in [1.54, 1.807) is 19.2 Å². The Morgan fingerprint density at radius 1 is 1.14 bits per heavy atom. The molecule has 6 nitrogen and oxygen atoms in total. The first-order valence-electron chi connectivity index (χ1n) is 8.94. The Morgan fingerprint density at radius 3 is 2.79 bits per heavy atom. The summed E-state index contributed by atoms with van der Waals surface area (Å²) in [5, 5.41) is 20.4. The fourth-order valence-electron chi connectivity index (χ4n) is 2.88. The van der Waals surface area contributed by atoms with Crippen LogP contribution in [-0.2, 0) is 0 Å². The molecule has 0 fully saturated rings. The summed E-state index contributed by atoms with van der Waals surface area (Å²) in [6.45, 7) is 0. The number of rotatable bonds is 5. The molecule has 2 heterocycles. The molecule has 2 aromatic carbocycles. The van der Waals surface area contributed by atoms with Gasteiger partial charge in [-0.15, -0.1) is 0 Å². The van der Waals surface area contributed by atoms with Crippen molar-refractivity contribution < 1.29 is 9.90 Å². The van der Waals surface area contributed by atoms with Crippen LogP contribution in [0, 0.1) is 0 Å². The summed E-state index contributed by atoms with van der Waals surface area (Å²) in [4.78, 5) is 18.1. The fourth-order valence-corrected chi connectivity index (χ4v) is 3.86. The topological polar surface area (TPSA) is 90.9 Å². The minimum atomic E-state index is -0.106. The van der Waals surface area contributed by atoms with Crippen LogP contribution in [0.5, 0.6) is 5.75 Å². The number of nitrogens with one attached hydrogen (secondary N) is 2. The molecule has 0 unspecified atom stereocenters. The van der Waals surface area contributed by atoms with Gasteiger partial charge in [0, 0.05) is 22.2 Å². The molecule has 7 heteroatoms. The average Bonchev–Trinajstić information content (AvgIpc) is 3.15. The van der Waals surface area contributed by atoms with E-state index in [9.17, 15) is 9.90 Å². The Morgan fingerprint density at radius 2 is 2.00 bits per heavy atom. The van der Waals surface area contributed by atoms with Crippen LogP contribution in [0.3, 0.4) is 0 Å². The third-order valence-corrected chi connectivity index (χ3v) is 5.40. The van der Waals surface area contributed by atoms with Crippen LogP contribution in [-0.4, -0.2) is 33.2 Å². The van der Waals surface area contributed by atoms with Gasteiger partial charge in [0.2, 0.25) is 0 Å². The average molecular weight is 402 g/mol. The molecule has 144 valence electrons. The van der Waals surface area contributed by atoms with E-state index in [4.69, 9.17) is 0 Å². The number of pyridine rings is 1. The fraction of sp³-hybridized carbons (Fsp3) is 0.0455. The zero-order chi connectivity index (χ0) is 20.2. The number of carbonyl (C=O) groups is 1. The van der Waals surface area contributed by atoms with E-state index < -0.39 is 0 Å². The summed E-state index contributed by atoms with van der Waals surface area (Å²) in [6, 6.07) is 16.9. The minimum absolute atomic E-state index is 0.106. The smallest absolute Gasteiger partial charge is 0.252 e. The van der Waals surface area contributed by atoms with Crippen molar-refractivity contribution in [3.05, 3.63) is 77.7 Å². The summed E-state index contributed by atoms with van der Waals surface area (Å²) in [6.07, 6.45) is 5.13. The van der Waals surface area contributed by atoms with E-state index in [2.05, 4.69) is 20.5 Å². The number of amides is 1. The lowest BCUT2D eigenvalue weighted by atomic mass is 10.2. The van der Waals surface area contributed by atoms with Gasteiger partial charge in [-0.1, -0.05) is 23.9 Å². The highest BCUT2D eigenvalue weighted by molar-refractivity contribution is 7.99. The number of benzene rings is 2. The third-order valence-electron chi connectivity index (χ3n) is 4.33. The second kappa shape index (κ2) is 8.20. The maximum Gasteiger partial charge on any atom is 0.252 e. The molecule has 0 saturated carbocycles. The molecule has 0 aliphatic heterocycles. The van der Waals surface area contributed by atoms with Crippen molar-refractivity contribution in [1.82, 2.24) is 20.5 Å². The van der Waals surface area contributed by atoms with Crippen molar-refractivity contribution >= 4 is 40.7 Å². The second-order valence-electron chi connectivity index (χ2n) is 6.27. The molecular formula is C22H18N4O2S. The zero-order valence-corrected chi connectivity index (χ0v) is 16.4. The summed E-state index contributed by atoms with van der Waals surface area (Å²) in [7, 11) is 1.63. The molecule has 4 rings (SSSR count). The van der Waals surface area contributed by atoms with Gasteiger partial charge < -0.3 is 10.4 Å². The molecule has 0 aliphatic carbocycles. The molecule has 1 amide bonds. The lowest BCUT2D eigenvalue weighted by Crippen LogP contribution is -2.18. The Bertz CT molecular complexity index is 1200. The summed E-state index contributed by atoms with van der Waals surface area (Å²) < 4.78 is 0. The quantitative estimate of drug-likeness (QED) is 0.462. The minimum Gasteiger partial charge on any atom is -0.506 e. The highest BCUT2D eigenvalue weighted by atomic mass is 32.2. The molecular weight excluding hydrogens is 384 g/mol. The predicted octanol–water partition coefficient (Wildman–Crippen LogP) is 4.34. The van der Waals surface area contributed by atoms with E-state index >= 15 is 0 Å². The summed E-state index contributed by atoms with van der Waals surface area (Å²) >= 11 is 1.53. The van der Waals surface area contributed by atoms with Crippen molar-refractivity contribution in [2.45, 2.75) is 9.79 Å². The number of aromatic nitrogens is 3. The molecule has 29 heavy (non-hydrogen) atoms. The van der Waals surface area contributed by atoms with Crippen LogP contribution in [0.25, 0.3) is 23.1 Å². The highest BCUT2D eigenvalue weighted by Gasteiger charge is 2.11. The Labute approximate surface area is 171 Å². The van der Waals surface area contributed by atoms with Crippen molar-refractivity contribution in [1.29, 1.82) is 0 Å². The normalized spacial score (nSPS) is 11.2. The summed E-state index contributed by atoms with van der Waals surface area (Å²) in [5.74, 6) is 0.0290. The second-order valence-corrected chi connectivity index (χ2v) is 7.38. The third kappa shape index (κ3) is 4.14. The molecule has 0 aliphatic rings. The number of carbonyl (C=O) groups excluding carboxylic acids is 1. The number of hydrogen-bond acceptors (Lipinski definition) is 5. The van der Waals surface area contributed by atoms with Gasteiger partial charge >= 0.3 is 0 Å². The molecule has 0 radical (unpaired) electrons. The van der Waals surface area contributed by atoms with Gasteiger partial charge in [-0.3, -0.25) is 14.9 Å². The standard InChI is InChI=1S/C22H18N4O2S/c1-23-22(28)18-4-2-3-5-21(18)29-16-9-10-17-19(25-26-20(17)12-16)11-7-14-6-8-15(27)13-24-14/h2-13,27H,1H3,(H,23,28)(H,25,26)/b11-7+.